The minimum absolute atomic E-state index is 0.262. The summed E-state index contributed by atoms with van der Waals surface area (Å²) in [4.78, 5) is 15.5. The Morgan fingerprint density at radius 1 is 1.22 bits per heavy atom. The van der Waals surface area contributed by atoms with Crippen LogP contribution in [0.15, 0.2) is 64.1 Å². The van der Waals surface area contributed by atoms with E-state index in [2.05, 4.69) is 25.6 Å². The van der Waals surface area contributed by atoms with Gasteiger partial charge in [0.25, 0.3) is 0 Å². The highest BCUT2D eigenvalue weighted by Crippen LogP contribution is 2.26. The normalized spacial score (nSPS) is 12.8. The number of halogens is 1. The molecule has 0 aliphatic heterocycles. The maximum atomic E-state index is 13.0. The van der Waals surface area contributed by atoms with Gasteiger partial charge in [-0.1, -0.05) is 28.1 Å². The van der Waals surface area contributed by atoms with Crippen LogP contribution in [-0.4, -0.2) is 30.5 Å². The van der Waals surface area contributed by atoms with Gasteiger partial charge < -0.3 is 5.11 Å². The predicted molar refractivity (Wildman–Crippen MR) is 106 cm³/mol. The van der Waals surface area contributed by atoms with E-state index in [1.807, 2.05) is 24.3 Å². The molecule has 6 nitrogen and oxygen atoms in total. The van der Waals surface area contributed by atoms with Crippen LogP contribution >= 0.6 is 15.9 Å². The van der Waals surface area contributed by atoms with E-state index in [1.165, 1.54) is 18.3 Å². The third-order valence-corrected chi connectivity index (χ3v) is 6.21. The number of carboxylic acids is 1. The number of carboxylic acid groups (broad SMARTS) is 1. The first-order valence-electron chi connectivity index (χ1n) is 8.16. The van der Waals surface area contributed by atoms with E-state index in [0.29, 0.717) is 11.9 Å². The quantitative estimate of drug-likeness (QED) is 0.600. The summed E-state index contributed by atoms with van der Waals surface area (Å²) in [7, 11) is -4.07. The zero-order valence-electron chi connectivity index (χ0n) is 14.4. The maximum absolute atomic E-state index is 13.0. The lowest BCUT2D eigenvalue weighted by Gasteiger charge is -2.17. The minimum Gasteiger partial charge on any atom is -0.478 e. The van der Waals surface area contributed by atoms with E-state index in [-0.39, 0.29) is 15.8 Å². The Morgan fingerprint density at radius 3 is 2.70 bits per heavy atom. The predicted octanol–water partition coefficient (Wildman–Crippen LogP) is 3.61. The van der Waals surface area contributed by atoms with Crippen LogP contribution < -0.4 is 4.72 Å². The van der Waals surface area contributed by atoms with Gasteiger partial charge in [-0.15, -0.1) is 0 Å². The zero-order valence-corrected chi connectivity index (χ0v) is 16.8. The van der Waals surface area contributed by atoms with Crippen molar-refractivity contribution in [3.63, 3.8) is 0 Å². The molecule has 0 bridgehead atoms. The number of nitrogens with one attached hydrogen (secondary N) is 1. The van der Waals surface area contributed by atoms with Gasteiger partial charge in [0.1, 0.15) is 4.90 Å². The first-order valence-corrected chi connectivity index (χ1v) is 10.4. The van der Waals surface area contributed by atoms with Gasteiger partial charge in [-0.25, -0.2) is 17.9 Å². The summed E-state index contributed by atoms with van der Waals surface area (Å²) >= 11 is 3.39. The number of rotatable bonds is 6. The minimum atomic E-state index is -4.07. The van der Waals surface area contributed by atoms with Crippen LogP contribution in [0.2, 0.25) is 0 Å². The van der Waals surface area contributed by atoms with Crippen LogP contribution in [0.1, 0.15) is 22.8 Å². The van der Waals surface area contributed by atoms with Crippen molar-refractivity contribution in [2.24, 2.45) is 0 Å². The van der Waals surface area contributed by atoms with E-state index in [1.54, 1.807) is 19.1 Å². The number of aromatic carboxylic acids is 1. The molecular formula is C19H17BrN2O4S. The molecule has 8 heteroatoms. The van der Waals surface area contributed by atoms with Crippen LogP contribution in [0.4, 0.5) is 0 Å². The molecule has 3 rings (SSSR count). The van der Waals surface area contributed by atoms with Crippen LogP contribution in [-0.2, 0) is 16.4 Å². The topological polar surface area (TPSA) is 96.4 Å². The molecule has 1 heterocycles. The maximum Gasteiger partial charge on any atom is 0.337 e. The molecule has 2 N–H and O–H groups in total. The number of aromatic nitrogens is 1. The number of fused-ring (bicyclic) bond motifs is 1. The first kappa shape index (κ1) is 19.5. The molecule has 2 aromatic carbocycles. The number of pyridine rings is 1. The van der Waals surface area contributed by atoms with Crippen molar-refractivity contribution >= 4 is 42.8 Å². The fraction of sp³-hybridized carbons (Fsp3) is 0.158. The highest BCUT2D eigenvalue weighted by molar-refractivity contribution is 9.10. The van der Waals surface area contributed by atoms with Gasteiger partial charge in [0, 0.05) is 22.1 Å². The smallest absolute Gasteiger partial charge is 0.337 e. The second kappa shape index (κ2) is 7.75. The summed E-state index contributed by atoms with van der Waals surface area (Å²) in [6.45, 7) is 1.74. The van der Waals surface area contributed by atoms with Gasteiger partial charge in [-0.2, -0.15) is 0 Å². The van der Waals surface area contributed by atoms with Crippen molar-refractivity contribution in [3.05, 3.63) is 70.3 Å². The largest absolute Gasteiger partial charge is 0.478 e. The van der Waals surface area contributed by atoms with E-state index in [0.717, 1.165) is 10.0 Å². The summed E-state index contributed by atoms with van der Waals surface area (Å²) in [5, 5.41) is 9.75. The van der Waals surface area contributed by atoms with Crippen molar-refractivity contribution < 1.29 is 18.3 Å². The molecule has 0 radical (unpaired) electrons. The zero-order chi connectivity index (χ0) is 19.6. The summed E-state index contributed by atoms with van der Waals surface area (Å²) in [5.74, 6) is -1.30. The number of nitrogens with zero attached hydrogens (tertiary/aromatic N) is 1. The second-order valence-electron chi connectivity index (χ2n) is 6.17. The number of hydrogen-bond donors (Lipinski definition) is 2. The number of sulfonamides is 1. The Bertz CT molecular complexity index is 1120. The molecule has 0 spiro atoms. The Labute approximate surface area is 165 Å². The Hall–Kier alpha value is -2.29. The molecule has 0 amide bonds. The highest BCUT2D eigenvalue weighted by atomic mass is 79.9. The van der Waals surface area contributed by atoms with Gasteiger partial charge >= 0.3 is 5.97 Å². The lowest BCUT2D eigenvalue weighted by atomic mass is 10.1. The molecule has 1 atom stereocenters. The third-order valence-electron chi connectivity index (χ3n) is 4.02. The van der Waals surface area contributed by atoms with Crippen molar-refractivity contribution in [1.29, 1.82) is 0 Å². The van der Waals surface area contributed by atoms with Crippen LogP contribution in [0, 0.1) is 0 Å². The van der Waals surface area contributed by atoms with Crippen LogP contribution in [0.25, 0.3) is 10.9 Å². The average molecular weight is 449 g/mol. The molecule has 1 aromatic heterocycles. The van der Waals surface area contributed by atoms with E-state index >= 15 is 0 Å². The number of benzene rings is 2. The first-order chi connectivity index (χ1) is 12.8. The molecule has 0 saturated heterocycles. The van der Waals surface area contributed by atoms with Gasteiger partial charge in [-0.3, -0.25) is 4.98 Å². The van der Waals surface area contributed by atoms with E-state index in [9.17, 15) is 18.3 Å². The monoisotopic (exact) mass is 448 g/mol. The molecule has 0 aliphatic rings. The molecule has 3 aromatic rings. The van der Waals surface area contributed by atoms with Crippen molar-refractivity contribution in [3.8, 4) is 0 Å². The Morgan fingerprint density at radius 2 is 2.00 bits per heavy atom. The lowest BCUT2D eigenvalue weighted by Crippen LogP contribution is -2.35. The fourth-order valence-corrected chi connectivity index (χ4v) is 5.05. The van der Waals surface area contributed by atoms with Crippen molar-refractivity contribution in [2.45, 2.75) is 24.3 Å². The van der Waals surface area contributed by atoms with Crippen molar-refractivity contribution in [2.75, 3.05) is 0 Å². The summed E-state index contributed by atoms with van der Waals surface area (Å²) in [6, 6.07) is 13.1. The molecule has 0 aliphatic carbocycles. The molecule has 1 unspecified atom stereocenters. The molecule has 0 fully saturated rings. The average Bonchev–Trinajstić information content (AvgIpc) is 2.59. The third kappa shape index (κ3) is 4.35. The van der Waals surface area contributed by atoms with Gasteiger partial charge in [0.2, 0.25) is 10.0 Å². The van der Waals surface area contributed by atoms with E-state index < -0.39 is 22.0 Å². The standard InChI is InChI=1S/C19H17BrN2O4S/c1-12(10-13-4-2-5-14(20)11-13)22-27(25,26)18-15-6-3-9-21-17(15)8-7-16(18)19(23)24/h2-9,11-12,22H,10H2,1H3,(H,23,24). The van der Waals surface area contributed by atoms with Gasteiger partial charge in [0.05, 0.1) is 11.1 Å². The highest BCUT2D eigenvalue weighted by Gasteiger charge is 2.27. The number of carbonyl (C=O) groups is 1. The summed E-state index contributed by atoms with van der Waals surface area (Å²) < 4.78 is 29.6. The van der Waals surface area contributed by atoms with Crippen LogP contribution in [0.5, 0.6) is 0 Å². The fourth-order valence-electron chi connectivity index (χ4n) is 2.97. The van der Waals surface area contributed by atoms with Crippen molar-refractivity contribution in [1.82, 2.24) is 9.71 Å². The molecular weight excluding hydrogens is 432 g/mol. The molecule has 27 heavy (non-hydrogen) atoms. The van der Waals surface area contributed by atoms with Gasteiger partial charge in [-0.05, 0) is 55.3 Å². The summed E-state index contributed by atoms with van der Waals surface area (Å²) in [5.41, 5.74) is 1.10. The second-order valence-corrected chi connectivity index (χ2v) is 8.74. The Balaban J connectivity index is 1.99. The molecule has 0 saturated carbocycles. The lowest BCUT2D eigenvalue weighted by molar-refractivity contribution is 0.0693. The Kier molecular flexibility index (Phi) is 5.59. The van der Waals surface area contributed by atoms with Gasteiger partial charge in [0.15, 0.2) is 0 Å². The molecule has 140 valence electrons. The SMILES string of the molecule is CC(Cc1cccc(Br)c1)NS(=O)(=O)c1c(C(=O)O)ccc2ncccc12. The van der Waals surface area contributed by atoms with E-state index in [4.69, 9.17) is 0 Å². The number of hydrogen-bond acceptors (Lipinski definition) is 4. The summed E-state index contributed by atoms with van der Waals surface area (Å²) in [6.07, 6.45) is 1.99. The van der Waals surface area contributed by atoms with Crippen LogP contribution in [0.3, 0.4) is 0 Å².